The van der Waals surface area contributed by atoms with Crippen LogP contribution in [0.3, 0.4) is 0 Å². The van der Waals surface area contributed by atoms with Crippen molar-refractivity contribution in [1.82, 2.24) is 0 Å². The van der Waals surface area contributed by atoms with E-state index in [2.05, 4.69) is 4.72 Å². The molecule has 1 aromatic heterocycles. The first-order valence-corrected chi connectivity index (χ1v) is 10.0. The van der Waals surface area contributed by atoms with Gasteiger partial charge < -0.3 is 5.73 Å². The fraction of sp³-hybridized carbons (Fsp3) is 0.312. The minimum atomic E-state index is -3.83. The van der Waals surface area contributed by atoms with Crippen LogP contribution in [0.2, 0.25) is 5.02 Å². The first-order chi connectivity index (χ1) is 11.1. The average molecular weight is 387 g/mol. The van der Waals surface area contributed by atoms with Crippen molar-refractivity contribution in [1.29, 1.82) is 0 Å². The number of amides is 1. The number of carbonyl (C=O) groups excluding carboxylic acids is 1. The van der Waals surface area contributed by atoms with Gasteiger partial charge in [0.15, 0.2) is 0 Å². The van der Waals surface area contributed by atoms with Gasteiger partial charge in [0.2, 0.25) is 5.91 Å². The second-order valence-electron chi connectivity index (χ2n) is 5.68. The third-order valence-corrected chi connectivity index (χ3v) is 7.27. The molecule has 3 N–H and O–H groups in total. The molecule has 1 unspecified atom stereocenters. The summed E-state index contributed by atoms with van der Waals surface area (Å²) in [4.78, 5) is 12.6. The summed E-state index contributed by atoms with van der Waals surface area (Å²) in [6.07, 6.45) is 0.466. The molecule has 0 aliphatic carbocycles. The monoisotopic (exact) mass is 386 g/mol. The van der Waals surface area contributed by atoms with E-state index in [-0.39, 0.29) is 4.90 Å². The number of hydrogen-bond acceptors (Lipinski definition) is 4. The maximum absolute atomic E-state index is 12.7. The quantitative estimate of drug-likeness (QED) is 0.793. The third-order valence-electron chi connectivity index (χ3n) is 4.17. The van der Waals surface area contributed by atoms with Gasteiger partial charge in [0.1, 0.15) is 0 Å². The van der Waals surface area contributed by atoms with Crippen LogP contribution in [0, 0.1) is 6.92 Å². The highest BCUT2D eigenvalue weighted by Crippen LogP contribution is 2.38. The first kappa shape index (κ1) is 18.8. The molecule has 0 aliphatic heterocycles. The summed E-state index contributed by atoms with van der Waals surface area (Å²) in [5.74, 6) is -0.494. The topological polar surface area (TPSA) is 89.3 Å². The second kappa shape index (κ2) is 6.74. The van der Waals surface area contributed by atoms with Gasteiger partial charge in [-0.1, -0.05) is 24.6 Å². The number of benzene rings is 1. The largest absolute Gasteiger partial charge is 0.369 e. The number of hydrogen-bond donors (Lipinski definition) is 2. The van der Waals surface area contributed by atoms with Crippen molar-refractivity contribution in [2.75, 3.05) is 4.72 Å². The van der Waals surface area contributed by atoms with Crippen molar-refractivity contribution >= 4 is 44.6 Å². The number of nitrogens with one attached hydrogen (secondary N) is 1. The molecule has 0 aliphatic rings. The standard InChI is InChI=1S/C16H19ClN2O3S2/c1-4-16(3,15(18)20)14-12(8-9-23-14)19-24(21,22)13-7-5-6-11(17)10(13)2/h5-9,19H,4H2,1-3H3,(H2,18,20). The Hall–Kier alpha value is -1.57. The number of nitrogens with two attached hydrogens (primary N) is 1. The van der Waals surface area contributed by atoms with Gasteiger partial charge in [-0.3, -0.25) is 9.52 Å². The van der Waals surface area contributed by atoms with Crippen LogP contribution in [-0.4, -0.2) is 14.3 Å². The van der Waals surface area contributed by atoms with Crippen LogP contribution < -0.4 is 10.5 Å². The Balaban J connectivity index is 2.48. The van der Waals surface area contributed by atoms with Gasteiger partial charge in [-0.25, -0.2) is 8.42 Å². The van der Waals surface area contributed by atoms with E-state index in [1.54, 1.807) is 37.4 Å². The van der Waals surface area contributed by atoms with Crippen molar-refractivity contribution in [2.45, 2.75) is 37.5 Å². The highest BCUT2D eigenvalue weighted by molar-refractivity contribution is 7.92. The molecule has 1 amide bonds. The van der Waals surface area contributed by atoms with Gasteiger partial charge >= 0.3 is 0 Å². The molecule has 0 saturated carbocycles. The van der Waals surface area contributed by atoms with E-state index in [4.69, 9.17) is 17.3 Å². The normalized spacial score (nSPS) is 14.2. The summed E-state index contributed by atoms with van der Waals surface area (Å²) >= 11 is 7.32. The lowest BCUT2D eigenvalue weighted by Gasteiger charge is -2.25. The Bertz CT molecular complexity index is 877. The number of sulfonamides is 1. The van der Waals surface area contributed by atoms with Crippen molar-refractivity contribution in [3.63, 3.8) is 0 Å². The predicted octanol–water partition coefficient (Wildman–Crippen LogP) is 3.66. The molecule has 0 saturated heterocycles. The van der Waals surface area contributed by atoms with Gasteiger partial charge in [0, 0.05) is 9.90 Å². The fourth-order valence-electron chi connectivity index (χ4n) is 2.34. The summed E-state index contributed by atoms with van der Waals surface area (Å²) in [5.41, 5.74) is 5.43. The number of primary amides is 1. The Morgan fingerprint density at radius 2 is 2.04 bits per heavy atom. The van der Waals surface area contributed by atoms with E-state index in [0.29, 0.717) is 27.6 Å². The average Bonchev–Trinajstić information content (AvgIpc) is 2.96. The molecule has 24 heavy (non-hydrogen) atoms. The van der Waals surface area contributed by atoms with E-state index < -0.39 is 21.3 Å². The molecular formula is C16H19ClN2O3S2. The van der Waals surface area contributed by atoms with E-state index in [1.165, 1.54) is 17.4 Å². The SMILES string of the molecule is CCC(C)(C(N)=O)c1sccc1NS(=O)(=O)c1cccc(Cl)c1C. The maximum atomic E-state index is 12.7. The van der Waals surface area contributed by atoms with E-state index >= 15 is 0 Å². The summed E-state index contributed by atoms with van der Waals surface area (Å²) in [6.45, 7) is 5.19. The van der Waals surface area contributed by atoms with E-state index in [0.717, 1.165) is 0 Å². The molecule has 2 aromatic rings. The molecule has 1 aromatic carbocycles. The zero-order chi connectivity index (χ0) is 18.1. The Morgan fingerprint density at radius 1 is 1.38 bits per heavy atom. The summed E-state index contributed by atoms with van der Waals surface area (Å²) in [6, 6.07) is 6.34. The predicted molar refractivity (Wildman–Crippen MR) is 98.2 cm³/mol. The third kappa shape index (κ3) is 3.29. The summed E-state index contributed by atoms with van der Waals surface area (Å²) < 4.78 is 28.0. The van der Waals surface area contributed by atoms with Gasteiger partial charge in [0.25, 0.3) is 10.0 Å². The summed E-state index contributed by atoms with van der Waals surface area (Å²) in [7, 11) is -3.83. The molecule has 1 heterocycles. The van der Waals surface area contributed by atoms with Gasteiger partial charge in [-0.2, -0.15) is 0 Å². The Kier molecular flexibility index (Phi) is 5.27. The van der Waals surface area contributed by atoms with Crippen LogP contribution in [0.25, 0.3) is 0 Å². The lowest BCUT2D eigenvalue weighted by molar-refractivity contribution is -0.122. The number of anilines is 1. The van der Waals surface area contributed by atoms with Crippen LogP contribution in [-0.2, 0) is 20.2 Å². The van der Waals surface area contributed by atoms with Crippen LogP contribution in [0.1, 0.15) is 30.7 Å². The van der Waals surface area contributed by atoms with Crippen LogP contribution >= 0.6 is 22.9 Å². The molecule has 0 bridgehead atoms. The summed E-state index contributed by atoms with van der Waals surface area (Å²) in [5, 5.41) is 2.11. The lowest BCUT2D eigenvalue weighted by Crippen LogP contribution is -2.37. The fourth-order valence-corrected chi connectivity index (χ4v) is 5.07. The number of rotatable bonds is 6. The lowest BCUT2D eigenvalue weighted by atomic mass is 9.84. The molecule has 0 fully saturated rings. The van der Waals surface area contributed by atoms with Crippen molar-refractivity contribution in [3.05, 3.63) is 45.1 Å². The van der Waals surface area contributed by atoms with Crippen molar-refractivity contribution in [3.8, 4) is 0 Å². The Morgan fingerprint density at radius 3 is 2.62 bits per heavy atom. The highest BCUT2D eigenvalue weighted by atomic mass is 35.5. The van der Waals surface area contributed by atoms with Crippen LogP contribution in [0.4, 0.5) is 5.69 Å². The first-order valence-electron chi connectivity index (χ1n) is 7.29. The van der Waals surface area contributed by atoms with Crippen molar-refractivity contribution in [2.24, 2.45) is 5.73 Å². The van der Waals surface area contributed by atoms with Gasteiger partial charge in [-0.05, 0) is 49.4 Å². The molecule has 0 spiro atoms. The smallest absolute Gasteiger partial charge is 0.262 e. The molecule has 5 nitrogen and oxygen atoms in total. The van der Waals surface area contributed by atoms with Gasteiger partial charge in [0.05, 0.1) is 16.0 Å². The molecule has 1 atom stereocenters. The van der Waals surface area contributed by atoms with Gasteiger partial charge in [-0.15, -0.1) is 11.3 Å². The zero-order valence-corrected chi connectivity index (χ0v) is 16.0. The Labute approximate surface area is 150 Å². The second-order valence-corrected chi connectivity index (χ2v) is 8.66. The number of carbonyl (C=O) groups is 1. The maximum Gasteiger partial charge on any atom is 0.262 e. The minimum absolute atomic E-state index is 0.101. The molecule has 8 heteroatoms. The molecule has 130 valence electrons. The van der Waals surface area contributed by atoms with Crippen molar-refractivity contribution < 1.29 is 13.2 Å². The molecule has 2 rings (SSSR count). The number of thiophene rings is 1. The highest BCUT2D eigenvalue weighted by Gasteiger charge is 2.35. The number of halogens is 1. The van der Waals surface area contributed by atoms with E-state index in [1.807, 2.05) is 6.92 Å². The van der Waals surface area contributed by atoms with Crippen LogP contribution in [0.15, 0.2) is 34.5 Å². The van der Waals surface area contributed by atoms with E-state index in [9.17, 15) is 13.2 Å². The minimum Gasteiger partial charge on any atom is -0.369 e. The molecular weight excluding hydrogens is 368 g/mol. The van der Waals surface area contributed by atoms with Crippen LogP contribution in [0.5, 0.6) is 0 Å². The molecule has 0 radical (unpaired) electrons. The zero-order valence-electron chi connectivity index (χ0n) is 13.6.